The number of benzene rings is 1. The van der Waals surface area contributed by atoms with E-state index in [1.54, 1.807) is 0 Å². The molecule has 0 atom stereocenters. The molecule has 0 aliphatic carbocycles. The second-order valence-corrected chi connectivity index (χ2v) is 4.82. The molecule has 1 heterocycles. The van der Waals surface area contributed by atoms with Crippen LogP contribution < -0.4 is 0 Å². The van der Waals surface area contributed by atoms with Crippen molar-refractivity contribution in [3.63, 3.8) is 0 Å². The van der Waals surface area contributed by atoms with Crippen molar-refractivity contribution in [3.8, 4) is 0 Å². The third kappa shape index (κ3) is 1.63. The molecular weight excluding hydrogens is 324 g/mol. The molecular formula is C9H4F3IS. The van der Waals surface area contributed by atoms with Gasteiger partial charge < -0.3 is 0 Å². The van der Waals surface area contributed by atoms with Gasteiger partial charge >= 0.3 is 0 Å². The molecule has 0 amide bonds. The highest BCUT2D eigenvalue weighted by molar-refractivity contribution is 14.1. The standard InChI is InChI=1S/C9H4F3IS/c10-6-3-4-1-2-5(9(11)12)7(13)8(4)14-6/h1-3,9H. The first-order chi connectivity index (χ1) is 6.59. The van der Waals surface area contributed by atoms with Crippen LogP contribution in [0.2, 0.25) is 0 Å². The predicted molar refractivity (Wildman–Crippen MR) is 59.5 cm³/mol. The molecule has 0 N–H and O–H groups in total. The summed E-state index contributed by atoms with van der Waals surface area (Å²) in [6.45, 7) is 0. The summed E-state index contributed by atoms with van der Waals surface area (Å²) in [5, 5.41) is 0.339. The number of rotatable bonds is 1. The molecule has 1 aromatic carbocycles. The van der Waals surface area contributed by atoms with Gasteiger partial charge in [-0.1, -0.05) is 12.1 Å². The van der Waals surface area contributed by atoms with E-state index < -0.39 is 6.43 Å². The van der Waals surface area contributed by atoms with Crippen molar-refractivity contribution in [3.05, 3.63) is 32.5 Å². The van der Waals surface area contributed by atoms with Crippen LogP contribution in [0.3, 0.4) is 0 Å². The minimum absolute atomic E-state index is 0.0278. The smallest absolute Gasteiger partial charge is 0.205 e. The van der Waals surface area contributed by atoms with Gasteiger partial charge in [0.25, 0.3) is 6.43 Å². The molecule has 2 rings (SSSR count). The highest BCUT2D eigenvalue weighted by Gasteiger charge is 2.15. The zero-order chi connectivity index (χ0) is 10.3. The molecule has 0 spiro atoms. The maximum absolute atomic E-state index is 12.9. The summed E-state index contributed by atoms with van der Waals surface area (Å²) in [7, 11) is 0. The lowest BCUT2D eigenvalue weighted by atomic mass is 10.2. The Labute approximate surface area is 95.9 Å². The number of thiophene rings is 1. The summed E-state index contributed by atoms with van der Waals surface area (Å²) in [6.07, 6.45) is -2.50. The topological polar surface area (TPSA) is 0 Å². The normalized spacial score (nSPS) is 11.5. The van der Waals surface area contributed by atoms with Crippen molar-refractivity contribution in [2.45, 2.75) is 6.43 Å². The lowest BCUT2D eigenvalue weighted by molar-refractivity contribution is 0.150. The van der Waals surface area contributed by atoms with E-state index in [0.717, 1.165) is 11.3 Å². The Morgan fingerprint density at radius 2 is 2.00 bits per heavy atom. The molecule has 0 unspecified atom stereocenters. The van der Waals surface area contributed by atoms with Crippen LogP contribution in [-0.4, -0.2) is 0 Å². The van der Waals surface area contributed by atoms with E-state index in [4.69, 9.17) is 0 Å². The molecule has 0 aliphatic heterocycles. The Kier molecular flexibility index (Phi) is 2.70. The highest BCUT2D eigenvalue weighted by atomic mass is 127. The Balaban J connectivity index is 2.74. The SMILES string of the molecule is Fc1cc2ccc(C(F)F)c(I)c2s1. The summed E-state index contributed by atoms with van der Waals surface area (Å²) in [4.78, 5) is 0. The van der Waals surface area contributed by atoms with Gasteiger partial charge in [-0.15, -0.1) is 11.3 Å². The Morgan fingerprint density at radius 3 is 2.64 bits per heavy atom. The van der Waals surface area contributed by atoms with Crippen LogP contribution in [0, 0.1) is 8.70 Å². The Morgan fingerprint density at radius 1 is 1.29 bits per heavy atom. The van der Waals surface area contributed by atoms with Crippen molar-refractivity contribution in [2.24, 2.45) is 0 Å². The first-order valence-corrected chi connectivity index (χ1v) is 5.64. The van der Waals surface area contributed by atoms with Crippen molar-refractivity contribution in [1.82, 2.24) is 0 Å². The summed E-state index contributed by atoms with van der Waals surface area (Å²) >= 11 is 2.73. The van der Waals surface area contributed by atoms with E-state index in [1.807, 2.05) is 22.6 Å². The van der Waals surface area contributed by atoms with Crippen LogP contribution in [0.5, 0.6) is 0 Å². The molecule has 0 fully saturated rings. The average molecular weight is 328 g/mol. The fourth-order valence-electron chi connectivity index (χ4n) is 1.22. The van der Waals surface area contributed by atoms with Crippen LogP contribution in [0.25, 0.3) is 10.1 Å². The lowest BCUT2D eigenvalue weighted by Crippen LogP contribution is -1.88. The molecule has 0 saturated carbocycles. The van der Waals surface area contributed by atoms with E-state index in [0.29, 0.717) is 13.7 Å². The van der Waals surface area contributed by atoms with Gasteiger partial charge in [0.1, 0.15) is 0 Å². The fourth-order valence-corrected chi connectivity index (χ4v) is 3.11. The second-order valence-electron chi connectivity index (χ2n) is 2.74. The maximum Gasteiger partial charge on any atom is 0.264 e. The van der Waals surface area contributed by atoms with Gasteiger partial charge in [0, 0.05) is 9.13 Å². The Bertz CT molecular complexity index is 478. The molecule has 1 aromatic heterocycles. The van der Waals surface area contributed by atoms with Crippen LogP contribution in [-0.2, 0) is 0 Å². The fraction of sp³-hybridized carbons (Fsp3) is 0.111. The van der Waals surface area contributed by atoms with Crippen LogP contribution in [0.4, 0.5) is 13.2 Å². The summed E-state index contributed by atoms with van der Waals surface area (Å²) < 4.78 is 38.8. The van der Waals surface area contributed by atoms with Crippen molar-refractivity contribution >= 4 is 44.0 Å². The quantitative estimate of drug-likeness (QED) is 0.672. The maximum atomic E-state index is 12.9. The molecule has 0 saturated heterocycles. The van der Waals surface area contributed by atoms with Crippen LogP contribution >= 0.6 is 33.9 Å². The van der Waals surface area contributed by atoms with E-state index in [1.165, 1.54) is 18.2 Å². The molecule has 74 valence electrons. The van der Waals surface area contributed by atoms with Gasteiger partial charge in [0.15, 0.2) is 5.13 Å². The monoisotopic (exact) mass is 328 g/mol. The first-order valence-electron chi connectivity index (χ1n) is 3.75. The van der Waals surface area contributed by atoms with Crippen molar-refractivity contribution in [1.29, 1.82) is 0 Å². The number of halogens is 4. The van der Waals surface area contributed by atoms with Gasteiger partial charge in [-0.2, -0.15) is 4.39 Å². The van der Waals surface area contributed by atoms with E-state index in [9.17, 15) is 13.2 Å². The van der Waals surface area contributed by atoms with Gasteiger partial charge in [0.05, 0.1) is 4.70 Å². The minimum Gasteiger partial charge on any atom is -0.205 e. The predicted octanol–water partition coefficient (Wildman–Crippen LogP) is 4.58. The summed E-state index contributed by atoms with van der Waals surface area (Å²) in [6, 6.07) is 4.23. The zero-order valence-corrected chi connectivity index (χ0v) is 9.70. The third-order valence-corrected chi connectivity index (χ3v) is 4.35. The number of hydrogen-bond donors (Lipinski definition) is 0. The molecule has 14 heavy (non-hydrogen) atoms. The third-order valence-electron chi connectivity index (χ3n) is 1.86. The van der Waals surface area contributed by atoms with Crippen molar-refractivity contribution < 1.29 is 13.2 Å². The van der Waals surface area contributed by atoms with Crippen molar-refractivity contribution in [2.75, 3.05) is 0 Å². The highest BCUT2D eigenvalue weighted by Crippen LogP contribution is 2.34. The average Bonchev–Trinajstić information content (AvgIpc) is 2.46. The van der Waals surface area contributed by atoms with Gasteiger partial charge in [-0.05, 0) is 34.0 Å². The van der Waals surface area contributed by atoms with Crippen LogP contribution in [0.1, 0.15) is 12.0 Å². The van der Waals surface area contributed by atoms with Gasteiger partial charge in [-0.3, -0.25) is 0 Å². The van der Waals surface area contributed by atoms with E-state index in [2.05, 4.69) is 0 Å². The van der Waals surface area contributed by atoms with E-state index in [-0.39, 0.29) is 10.7 Å². The largest absolute Gasteiger partial charge is 0.264 e. The molecule has 0 radical (unpaired) electrons. The van der Waals surface area contributed by atoms with E-state index >= 15 is 0 Å². The Hall–Kier alpha value is -0.300. The lowest BCUT2D eigenvalue weighted by Gasteiger charge is -2.03. The molecule has 0 aliphatic rings. The summed E-state index contributed by atoms with van der Waals surface area (Å²) in [5.41, 5.74) is -0.0278. The number of fused-ring (bicyclic) bond motifs is 1. The van der Waals surface area contributed by atoms with Crippen LogP contribution in [0.15, 0.2) is 18.2 Å². The van der Waals surface area contributed by atoms with Gasteiger partial charge in [0.2, 0.25) is 0 Å². The summed E-state index contributed by atoms with van der Waals surface area (Å²) in [5.74, 6) is 0. The number of hydrogen-bond acceptors (Lipinski definition) is 1. The minimum atomic E-state index is -2.50. The first kappa shape index (κ1) is 10.2. The van der Waals surface area contributed by atoms with Gasteiger partial charge in [-0.25, -0.2) is 8.78 Å². The zero-order valence-electron chi connectivity index (χ0n) is 6.73. The molecule has 0 bridgehead atoms. The number of alkyl halides is 2. The molecule has 5 heteroatoms. The molecule has 2 aromatic rings. The second kappa shape index (κ2) is 3.69. The molecule has 0 nitrogen and oxygen atoms in total.